The Kier molecular flexibility index (Phi) is 9.43. The average molecular weight is 473 g/mol. The Labute approximate surface area is 186 Å². The Morgan fingerprint density at radius 1 is 0.714 bits per heavy atom. The molecule has 2 nitrogen and oxygen atoms in total. The summed E-state index contributed by atoms with van der Waals surface area (Å²) in [5.74, 6) is 0. The molecule has 0 fully saturated rings. The quantitative estimate of drug-likeness (QED) is 0.271. The van der Waals surface area contributed by atoms with Crippen molar-refractivity contribution >= 4 is 54.3 Å². The monoisotopic (exact) mass is 472 g/mol. The van der Waals surface area contributed by atoms with E-state index in [0.29, 0.717) is 0 Å². The van der Waals surface area contributed by atoms with Gasteiger partial charge in [0.15, 0.2) is 0 Å². The van der Waals surface area contributed by atoms with Crippen LogP contribution in [0.25, 0.3) is 0 Å². The van der Waals surface area contributed by atoms with Crippen LogP contribution < -0.4 is 0 Å². The van der Waals surface area contributed by atoms with Gasteiger partial charge in [0.25, 0.3) is 0 Å². The zero-order chi connectivity index (χ0) is 20.5. The van der Waals surface area contributed by atoms with E-state index in [0.717, 1.165) is 22.8 Å². The van der Waals surface area contributed by atoms with Gasteiger partial charge in [-0.25, -0.2) is 0 Å². The van der Waals surface area contributed by atoms with Crippen LogP contribution in [0, 0.1) is 13.8 Å². The minimum absolute atomic E-state index is 0.194. The molecule has 0 aliphatic carbocycles. The van der Waals surface area contributed by atoms with Crippen molar-refractivity contribution in [1.82, 2.24) is 0 Å². The standard InChI is InChI=1S/C22H22N2S.2ClH.Fe/c1-15-9-5-7-11-19(15)23-17(3)21-13-14-22(25-21)18(4)24-20-12-8-6-10-16(20)2;;;/h5-14H,1-4H3;2*1H;/q;;;+2/p-2. The molecule has 0 spiro atoms. The predicted molar refractivity (Wildman–Crippen MR) is 122 cm³/mol. The Bertz CT molecular complexity index is 904. The van der Waals surface area contributed by atoms with Gasteiger partial charge >= 0.3 is 33.3 Å². The molecule has 0 aliphatic heterocycles. The van der Waals surface area contributed by atoms with Gasteiger partial charge in [0.2, 0.25) is 0 Å². The number of aryl methyl sites for hydroxylation is 2. The molecule has 0 saturated carbocycles. The summed E-state index contributed by atoms with van der Waals surface area (Å²) in [5.41, 5.74) is 6.51. The maximum atomic E-state index is 4.79. The van der Waals surface area contributed by atoms with Crippen LogP contribution in [0.1, 0.15) is 34.7 Å². The van der Waals surface area contributed by atoms with Crippen molar-refractivity contribution in [2.45, 2.75) is 27.7 Å². The number of aliphatic imine (C=N–C) groups is 2. The van der Waals surface area contributed by atoms with E-state index in [4.69, 9.17) is 30.2 Å². The normalized spacial score (nSPS) is 11.9. The first-order chi connectivity index (χ1) is 13.5. The third-order valence-corrected chi connectivity index (χ3v) is 5.43. The number of rotatable bonds is 4. The summed E-state index contributed by atoms with van der Waals surface area (Å²) in [6, 6.07) is 20.7. The third kappa shape index (κ3) is 6.58. The van der Waals surface area contributed by atoms with Crippen molar-refractivity contribution in [3.63, 3.8) is 0 Å². The molecule has 1 heterocycles. The van der Waals surface area contributed by atoms with E-state index in [2.05, 4.69) is 64.1 Å². The van der Waals surface area contributed by atoms with Gasteiger partial charge in [-0.05, 0) is 63.1 Å². The van der Waals surface area contributed by atoms with E-state index in [1.807, 2.05) is 24.3 Å². The summed E-state index contributed by atoms with van der Waals surface area (Å²) in [5, 5.41) is 0. The Balaban J connectivity index is 0.000000878. The molecule has 3 aromatic rings. The van der Waals surface area contributed by atoms with Gasteiger partial charge in [-0.1, -0.05) is 36.4 Å². The number of halogens is 2. The Hall–Kier alpha value is -1.42. The molecule has 148 valence electrons. The molecule has 0 atom stereocenters. The molecule has 0 unspecified atom stereocenters. The van der Waals surface area contributed by atoms with Gasteiger partial charge in [-0.15, -0.1) is 11.3 Å². The molecule has 0 saturated heterocycles. The summed E-state index contributed by atoms with van der Waals surface area (Å²) in [4.78, 5) is 11.9. The van der Waals surface area contributed by atoms with Crippen molar-refractivity contribution in [2.75, 3.05) is 0 Å². The van der Waals surface area contributed by atoms with Crippen LogP contribution in [-0.2, 0) is 13.1 Å². The summed E-state index contributed by atoms with van der Waals surface area (Å²) in [7, 11) is 9.53. The zero-order valence-corrected chi connectivity index (χ0v) is 19.6. The molecule has 1 aromatic heterocycles. The first-order valence-electron chi connectivity index (χ1n) is 8.64. The van der Waals surface area contributed by atoms with Crippen LogP contribution in [0.3, 0.4) is 0 Å². The van der Waals surface area contributed by atoms with Gasteiger partial charge in [-0.3, -0.25) is 9.98 Å². The van der Waals surface area contributed by atoms with Crippen molar-refractivity contribution in [1.29, 1.82) is 0 Å². The number of benzene rings is 2. The van der Waals surface area contributed by atoms with Crippen LogP contribution in [0.2, 0.25) is 0 Å². The van der Waals surface area contributed by atoms with E-state index in [9.17, 15) is 0 Å². The summed E-state index contributed by atoms with van der Waals surface area (Å²) < 4.78 is 0. The molecule has 28 heavy (non-hydrogen) atoms. The summed E-state index contributed by atoms with van der Waals surface area (Å²) >= 11 is 1.93. The minimum atomic E-state index is 0.194. The van der Waals surface area contributed by atoms with Crippen molar-refractivity contribution in [3.05, 3.63) is 81.5 Å². The number of hydrogen-bond acceptors (Lipinski definition) is 3. The SMILES string of the molecule is CC(=Nc1ccccc1C)c1ccc(C(C)=Nc2ccccc2C)s1.[Cl][Fe][Cl]. The van der Waals surface area contributed by atoms with Gasteiger partial charge in [0.05, 0.1) is 22.8 Å². The van der Waals surface area contributed by atoms with Gasteiger partial charge in [0, 0.05) is 9.75 Å². The predicted octanol–water partition coefficient (Wildman–Crippen LogP) is 8.02. The Morgan fingerprint density at radius 2 is 1.07 bits per heavy atom. The molecule has 6 heteroatoms. The molecular weight excluding hydrogens is 451 g/mol. The molecular formula is C22H22Cl2FeN2S. The second kappa shape index (κ2) is 11.5. The fourth-order valence-electron chi connectivity index (χ4n) is 2.58. The van der Waals surface area contributed by atoms with Gasteiger partial charge < -0.3 is 0 Å². The van der Waals surface area contributed by atoms with Crippen LogP contribution in [0.5, 0.6) is 0 Å². The van der Waals surface area contributed by atoms with E-state index in [-0.39, 0.29) is 13.1 Å². The van der Waals surface area contributed by atoms with E-state index in [1.54, 1.807) is 11.3 Å². The summed E-state index contributed by atoms with van der Waals surface area (Å²) in [6.45, 7) is 8.31. The second-order valence-corrected chi connectivity index (χ2v) is 9.09. The van der Waals surface area contributed by atoms with E-state index < -0.39 is 0 Å². The van der Waals surface area contributed by atoms with Crippen LogP contribution >= 0.6 is 31.5 Å². The second-order valence-electron chi connectivity index (χ2n) is 6.18. The maximum absolute atomic E-state index is 4.79. The van der Waals surface area contributed by atoms with Crippen molar-refractivity contribution in [2.24, 2.45) is 9.98 Å². The van der Waals surface area contributed by atoms with Crippen LogP contribution in [-0.4, -0.2) is 11.4 Å². The number of para-hydroxylation sites is 2. The van der Waals surface area contributed by atoms with E-state index >= 15 is 0 Å². The zero-order valence-electron chi connectivity index (χ0n) is 16.2. The molecule has 0 N–H and O–H groups in total. The molecule has 3 rings (SSSR count). The van der Waals surface area contributed by atoms with E-state index in [1.165, 1.54) is 20.9 Å². The summed E-state index contributed by atoms with van der Waals surface area (Å²) in [6.07, 6.45) is 0. The van der Waals surface area contributed by atoms with Gasteiger partial charge in [0.1, 0.15) is 0 Å². The first kappa shape index (κ1) is 22.9. The van der Waals surface area contributed by atoms with Crippen molar-refractivity contribution in [3.8, 4) is 0 Å². The number of thiophene rings is 1. The topological polar surface area (TPSA) is 24.7 Å². The number of nitrogens with zero attached hydrogens (tertiary/aromatic N) is 2. The average Bonchev–Trinajstić information content (AvgIpc) is 3.17. The first-order valence-corrected chi connectivity index (χ1v) is 12.5. The molecule has 0 bridgehead atoms. The molecule has 0 radical (unpaired) electrons. The number of hydrogen-bond donors (Lipinski definition) is 0. The van der Waals surface area contributed by atoms with Crippen LogP contribution in [0.15, 0.2) is 70.6 Å². The molecule has 0 amide bonds. The third-order valence-electron chi connectivity index (χ3n) is 4.13. The molecule has 2 aromatic carbocycles. The van der Waals surface area contributed by atoms with Crippen LogP contribution in [0.4, 0.5) is 11.4 Å². The van der Waals surface area contributed by atoms with Crippen molar-refractivity contribution < 1.29 is 13.1 Å². The molecule has 0 aliphatic rings. The fraction of sp³-hybridized carbons (Fsp3) is 0.182. The van der Waals surface area contributed by atoms with Gasteiger partial charge in [-0.2, -0.15) is 0 Å². The Morgan fingerprint density at radius 3 is 1.43 bits per heavy atom. The fourth-order valence-corrected chi connectivity index (χ4v) is 3.47.